The highest BCUT2D eigenvalue weighted by Gasteiger charge is 2.61. The summed E-state index contributed by atoms with van der Waals surface area (Å²) in [7, 11) is 0. The predicted molar refractivity (Wildman–Crippen MR) is 97.1 cm³/mol. The van der Waals surface area contributed by atoms with E-state index in [4.69, 9.17) is 0 Å². The second kappa shape index (κ2) is 4.13. The molecule has 2 aromatic carbocycles. The van der Waals surface area contributed by atoms with Crippen LogP contribution in [0.15, 0.2) is 54.7 Å². The summed E-state index contributed by atoms with van der Waals surface area (Å²) in [5.41, 5.74) is 6.22. The van der Waals surface area contributed by atoms with Crippen LogP contribution in [0.4, 0.5) is 5.69 Å². The minimum Gasteiger partial charge on any atom is -0.358 e. The summed E-state index contributed by atoms with van der Waals surface area (Å²) < 4.78 is 1.10. The highest BCUT2D eigenvalue weighted by atomic mass is 127. The van der Waals surface area contributed by atoms with Crippen LogP contribution in [0.5, 0.6) is 0 Å². The van der Waals surface area contributed by atoms with Crippen molar-refractivity contribution in [1.29, 1.82) is 0 Å². The Balaban J connectivity index is 1.62. The van der Waals surface area contributed by atoms with E-state index in [1.165, 1.54) is 22.2 Å². The fourth-order valence-electron chi connectivity index (χ4n) is 3.93. The quantitative estimate of drug-likeness (QED) is 0.591. The molecule has 0 amide bonds. The lowest BCUT2D eigenvalue weighted by Crippen LogP contribution is -2.09. The van der Waals surface area contributed by atoms with Crippen LogP contribution in [0.3, 0.4) is 0 Å². The molecule has 3 nitrogen and oxygen atoms in total. The van der Waals surface area contributed by atoms with Gasteiger partial charge in [-0.1, -0.05) is 30.8 Å². The Morgan fingerprint density at radius 3 is 3.00 bits per heavy atom. The number of rotatable bonds is 1. The SMILES string of the molecule is C=C1Nc2ccccc2[C@]12C[C@H]2c1ccc2c(I)[nH]nc2c1. The maximum Gasteiger partial charge on any atom is 0.104 e. The summed E-state index contributed by atoms with van der Waals surface area (Å²) in [5, 5.41) is 12.1. The molecule has 1 aliphatic heterocycles. The zero-order chi connectivity index (χ0) is 14.9. The molecule has 5 rings (SSSR count). The molecule has 1 aliphatic carbocycles. The number of benzene rings is 2. The fraction of sp³-hybridized carbons (Fsp3) is 0.167. The van der Waals surface area contributed by atoms with Gasteiger partial charge in [0.25, 0.3) is 0 Å². The zero-order valence-electron chi connectivity index (χ0n) is 11.9. The minimum absolute atomic E-state index is 0.0771. The van der Waals surface area contributed by atoms with Crippen molar-refractivity contribution in [2.75, 3.05) is 5.32 Å². The smallest absolute Gasteiger partial charge is 0.104 e. The molecule has 0 unspecified atom stereocenters. The lowest BCUT2D eigenvalue weighted by molar-refractivity contribution is 0.826. The highest BCUT2D eigenvalue weighted by molar-refractivity contribution is 14.1. The van der Waals surface area contributed by atoms with Gasteiger partial charge in [-0.2, -0.15) is 5.10 Å². The van der Waals surface area contributed by atoms with Crippen molar-refractivity contribution >= 4 is 39.2 Å². The van der Waals surface area contributed by atoms with Crippen LogP contribution < -0.4 is 5.32 Å². The van der Waals surface area contributed by atoms with Crippen LogP contribution in [-0.4, -0.2) is 10.2 Å². The monoisotopic (exact) mass is 399 g/mol. The molecule has 1 aromatic heterocycles. The molecule has 2 aliphatic rings. The summed E-state index contributed by atoms with van der Waals surface area (Å²) in [4.78, 5) is 0. The Morgan fingerprint density at radius 1 is 1.23 bits per heavy atom. The van der Waals surface area contributed by atoms with Crippen LogP contribution in [-0.2, 0) is 5.41 Å². The van der Waals surface area contributed by atoms with Crippen molar-refractivity contribution in [1.82, 2.24) is 10.2 Å². The maximum atomic E-state index is 4.40. The molecule has 22 heavy (non-hydrogen) atoms. The Kier molecular flexibility index (Phi) is 2.38. The number of halogens is 1. The van der Waals surface area contributed by atoms with Crippen LogP contribution in [0, 0.1) is 3.70 Å². The summed E-state index contributed by atoms with van der Waals surface area (Å²) in [6.07, 6.45) is 1.13. The number of allylic oxidation sites excluding steroid dienone is 1. The van der Waals surface area contributed by atoms with Crippen LogP contribution in [0.25, 0.3) is 10.9 Å². The molecule has 1 spiro atoms. The molecule has 0 bridgehead atoms. The summed E-state index contributed by atoms with van der Waals surface area (Å²) in [6.45, 7) is 4.29. The number of anilines is 1. The van der Waals surface area contributed by atoms with Crippen molar-refractivity contribution in [2.24, 2.45) is 0 Å². The van der Waals surface area contributed by atoms with E-state index in [-0.39, 0.29) is 5.41 Å². The third-order valence-electron chi connectivity index (χ3n) is 5.13. The number of H-pyrrole nitrogens is 1. The molecule has 0 saturated heterocycles. The molecule has 4 heteroatoms. The van der Waals surface area contributed by atoms with Crippen molar-refractivity contribution in [3.63, 3.8) is 0 Å². The van der Waals surface area contributed by atoms with Gasteiger partial charge >= 0.3 is 0 Å². The van der Waals surface area contributed by atoms with Crippen molar-refractivity contribution in [3.05, 3.63) is 69.6 Å². The normalized spacial score (nSPS) is 25.5. The van der Waals surface area contributed by atoms with Crippen molar-refractivity contribution in [2.45, 2.75) is 17.8 Å². The lowest BCUT2D eigenvalue weighted by Gasteiger charge is -2.12. The molecule has 0 radical (unpaired) electrons. The number of nitrogens with zero attached hydrogens (tertiary/aromatic N) is 1. The molecule has 2 N–H and O–H groups in total. The van der Waals surface area contributed by atoms with Crippen molar-refractivity contribution in [3.8, 4) is 0 Å². The number of nitrogens with one attached hydrogen (secondary N) is 2. The van der Waals surface area contributed by atoms with Gasteiger partial charge in [-0.05, 0) is 58.3 Å². The largest absolute Gasteiger partial charge is 0.358 e. The number of hydrogen-bond donors (Lipinski definition) is 2. The molecule has 3 aromatic rings. The molecule has 1 fully saturated rings. The van der Waals surface area contributed by atoms with Crippen molar-refractivity contribution < 1.29 is 0 Å². The second-order valence-electron chi connectivity index (χ2n) is 6.19. The molecular formula is C18H14IN3. The fourth-order valence-corrected chi connectivity index (χ4v) is 4.50. The van der Waals surface area contributed by atoms with E-state index in [0.717, 1.165) is 21.3 Å². The molecule has 2 atom stereocenters. The van der Waals surface area contributed by atoms with E-state index in [1.54, 1.807) is 0 Å². The first kappa shape index (κ1) is 12.7. The van der Waals surface area contributed by atoms with E-state index < -0.39 is 0 Å². The second-order valence-corrected chi connectivity index (χ2v) is 7.27. The average Bonchev–Trinajstić information content (AvgIpc) is 3.10. The Bertz CT molecular complexity index is 942. The standard InChI is InChI=1S/C18H14IN3/c1-10-18(13-4-2-3-5-15(13)20-10)9-14(18)11-6-7-12-16(8-11)21-22-17(12)19/h2-8,14,20H,1,9H2,(H,21,22)/t14-,18-/m0/s1. The van der Waals surface area contributed by atoms with Gasteiger partial charge in [0.05, 0.1) is 5.52 Å². The summed E-state index contributed by atoms with van der Waals surface area (Å²) in [6, 6.07) is 15.2. The van der Waals surface area contributed by atoms with E-state index in [9.17, 15) is 0 Å². The van der Waals surface area contributed by atoms with Gasteiger partial charge in [0, 0.05) is 28.1 Å². The highest BCUT2D eigenvalue weighted by Crippen LogP contribution is 2.68. The van der Waals surface area contributed by atoms with Gasteiger partial charge in [-0.25, -0.2) is 0 Å². The Labute approximate surface area is 142 Å². The first-order chi connectivity index (χ1) is 10.7. The van der Waals surface area contributed by atoms with Gasteiger partial charge in [0.2, 0.25) is 0 Å². The van der Waals surface area contributed by atoms with E-state index in [1.807, 2.05) is 0 Å². The molecular weight excluding hydrogens is 385 g/mol. The molecule has 108 valence electrons. The van der Waals surface area contributed by atoms with Gasteiger partial charge < -0.3 is 5.32 Å². The first-order valence-corrected chi connectivity index (χ1v) is 8.47. The number of para-hydroxylation sites is 1. The van der Waals surface area contributed by atoms with Gasteiger partial charge in [-0.3, -0.25) is 5.10 Å². The van der Waals surface area contributed by atoms with E-state index in [2.05, 4.69) is 87.1 Å². The Morgan fingerprint density at radius 2 is 2.09 bits per heavy atom. The third kappa shape index (κ3) is 1.48. The zero-order valence-corrected chi connectivity index (χ0v) is 14.0. The van der Waals surface area contributed by atoms with Gasteiger partial charge in [-0.15, -0.1) is 0 Å². The number of aromatic nitrogens is 2. The maximum absolute atomic E-state index is 4.40. The first-order valence-electron chi connectivity index (χ1n) is 7.39. The van der Waals surface area contributed by atoms with Gasteiger partial charge in [0.1, 0.15) is 3.70 Å². The Hall–Kier alpha value is -1.82. The topological polar surface area (TPSA) is 40.7 Å². The number of aromatic amines is 1. The lowest BCUT2D eigenvalue weighted by atomic mass is 9.90. The van der Waals surface area contributed by atoms with Crippen LogP contribution >= 0.6 is 22.6 Å². The van der Waals surface area contributed by atoms with Crippen LogP contribution in [0.1, 0.15) is 23.5 Å². The van der Waals surface area contributed by atoms with E-state index >= 15 is 0 Å². The number of hydrogen-bond acceptors (Lipinski definition) is 2. The van der Waals surface area contributed by atoms with Gasteiger partial charge in [0.15, 0.2) is 0 Å². The van der Waals surface area contributed by atoms with Crippen LogP contribution in [0.2, 0.25) is 0 Å². The average molecular weight is 399 g/mol. The number of fused-ring (bicyclic) bond motifs is 3. The predicted octanol–water partition coefficient (Wildman–Crippen LogP) is 4.53. The summed E-state index contributed by atoms with van der Waals surface area (Å²) >= 11 is 2.29. The van der Waals surface area contributed by atoms with E-state index in [0.29, 0.717) is 5.92 Å². The minimum atomic E-state index is 0.0771. The summed E-state index contributed by atoms with van der Waals surface area (Å²) in [5.74, 6) is 0.495. The third-order valence-corrected chi connectivity index (χ3v) is 5.95. The molecule has 1 saturated carbocycles. The molecule has 2 heterocycles.